The fourth-order valence-corrected chi connectivity index (χ4v) is 4.33. The molecule has 0 heterocycles. The molecule has 1 atom stereocenters. The highest BCUT2D eigenvalue weighted by Gasteiger charge is 2.30. The van der Waals surface area contributed by atoms with Gasteiger partial charge in [0, 0.05) is 23.1 Å². The monoisotopic (exact) mass is 555 g/mol. The number of aryl methyl sites for hydroxylation is 1. The molecule has 2 rings (SSSR count). The van der Waals surface area contributed by atoms with Crippen molar-refractivity contribution >= 4 is 43.5 Å². The Balaban J connectivity index is 2.40. The molecule has 34 heavy (non-hydrogen) atoms. The molecule has 0 bridgehead atoms. The first kappa shape index (κ1) is 27.8. The zero-order chi connectivity index (χ0) is 25.6. The summed E-state index contributed by atoms with van der Waals surface area (Å²) in [6.45, 7) is 6.94. The van der Waals surface area contributed by atoms with Gasteiger partial charge in [0.25, 0.3) is 0 Å². The van der Waals surface area contributed by atoms with Gasteiger partial charge in [0.2, 0.25) is 21.8 Å². The van der Waals surface area contributed by atoms with Crippen molar-refractivity contribution in [2.45, 2.75) is 40.3 Å². The van der Waals surface area contributed by atoms with Gasteiger partial charge in [-0.05, 0) is 49.6 Å². The molecule has 0 aliphatic carbocycles. The highest BCUT2D eigenvalue weighted by Crippen LogP contribution is 2.25. The molecule has 0 saturated heterocycles. The van der Waals surface area contributed by atoms with E-state index in [0.717, 1.165) is 20.6 Å². The number of carbonyl (C=O) groups excluding carboxylic acids is 2. The third-order valence-electron chi connectivity index (χ3n) is 5.26. The van der Waals surface area contributed by atoms with Gasteiger partial charge in [0.1, 0.15) is 18.4 Å². The van der Waals surface area contributed by atoms with E-state index >= 15 is 0 Å². The van der Waals surface area contributed by atoms with Crippen LogP contribution in [-0.4, -0.2) is 50.5 Å². The molecule has 7 nitrogen and oxygen atoms in total. The second-order valence-electron chi connectivity index (χ2n) is 8.63. The predicted octanol–water partition coefficient (Wildman–Crippen LogP) is 3.85. The van der Waals surface area contributed by atoms with Crippen LogP contribution < -0.4 is 9.62 Å². The largest absolute Gasteiger partial charge is 0.354 e. The van der Waals surface area contributed by atoms with E-state index in [4.69, 9.17) is 0 Å². The van der Waals surface area contributed by atoms with E-state index in [1.165, 1.54) is 23.1 Å². The van der Waals surface area contributed by atoms with Crippen LogP contribution in [0.5, 0.6) is 0 Å². The normalized spacial score (nSPS) is 12.4. The number of rotatable bonds is 10. The summed E-state index contributed by atoms with van der Waals surface area (Å²) in [4.78, 5) is 27.4. The van der Waals surface area contributed by atoms with Gasteiger partial charge >= 0.3 is 0 Å². The lowest BCUT2D eigenvalue weighted by atomic mass is 10.1. The molecule has 0 saturated carbocycles. The number of halogens is 2. The smallest absolute Gasteiger partial charge is 0.244 e. The minimum Gasteiger partial charge on any atom is -0.354 e. The fourth-order valence-electron chi connectivity index (χ4n) is 3.24. The first-order valence-corrected chi connectivity index (χ1v) is 13.5. The van der Waals surface area contributed by atoms with Crippen molar-refractivity contribution in [3.8, 4) is 0 Å². The van der Waals surface area contributed by atoms with Crippen LogP contribution in [0.4, 0.5) is 10.1 Å². The third kappa shape index (κ3) is 7.53. The molecule has 2 aromatic rings. The standard InChI is InChI=1S/C24H31BrFN3O4S/c1-16(2)13-27-24(31)18(4)28(14-19-8-6-7-9-22(19)26)23(30)15-29(34(5,32)33)20-10-11-21(25)17(3)12-20/h6-12,16,18H,13-15H2,1-5H3,(H,27,31)/t18-/m1/s1. The topological polar surface area (TPSA) is 86.8 Å². The Morgan fingerprint density at radius 2 is 1.76 bits per heavy atom. The zero-order valence-corrected chi connectivity index (χ0v) is 22.4. The Labute approximate surface area is 209 Å². The Kier molecular flexibility index (Phi) is 9.64. The van der Waals surface area contributed by atoms with Crippen LogP contribution in [-0.2, 0) is 26.2 Å². The van der Waals surface area contributed by atoms with Gasteiger partial charge < -0.3 is 10.2 Å². The molecule has 2 amide bonds. The van der Waals surface area contributed by atoms with E-state index in [9.17, 15) is 22.4 Å². The van der Waals surface area contributed by atoms with Crippen LogP contribution in [0.25, 0.3) is 0 Å². The lowest BCUT2D eigenvalue weighted by molar-refractivity contribution is -0.139. The van der Waals surface area contributed by atoms with E-state index in [1.807, 2.05) is 20.8 Å². The number of anilines is 1. The summed E-state index contributed by atoms with van der Waals surface area (Å²) in [7, 11) is -3.83. The Bertz CT molecular complexity index is 1140. The van der Waals surface area contributed by atoms with Crippen molar-refractivity contribution in [1.82, 2.24) is 10.2 Å². The maximum absolute atomic E-state index is 14.4. The summed E-state index contributed by atoms with van der Waals surface area (Å²) < 4.78 is 41.3. The average molecular weight is 556 g/mol. The Hall–Kier alpha value is -2.46. The summed E-state index contributed by atoms with van der Waals surface area (Å²) >= 11 is 3.38. The van der Waals surface area contributed by atoms with Gasteiger partial charge in [0.15, 0.2) is 0 Å². The molecule has 186 valence electrons. The third-order valence-corrected chi connectivity index (χ3v) is 7.29. The first-order chi connectivity index (χ1) is 15.8. The van der Waals surface area contributed by atoms with E-state index in [-0.39, 0.29) is 18.0 Å². The maximum Gasteiger partial charge on any atom is 0.244 e. The van der Waals surface area contributed by atoms with Crippen molar-refractivity contribution in [3.05, 3.63) is 63.9 Å². The van der Waals surface area contributed by atoms with Gasteiger partial charge in [-0.25, -0.2) is 12.8 Å². The molecule has 0 spiro atoms. The Morgan fingerprint density at radius 1 is 1.12 bits per heavy atom. The lowest BCUT2D eigenvalue weighted by Crippen LogP contribution is -2.51. The minimum absolute atomic E-state index is 0.182. The lowest BCUT2D eigenvalue weighted by Gasteiger charge is -2.31. The number of hydrogen-bond acceptors (Lipinski definition) is 4. The van der Waals surface area contributed by atoms with Crippen LogP contribution in [0.3, 0.4) is 0 Å². The zero-order valence-electron chi connectivity index (χ0n) is 20.0. The molecule has 0 unspecified atom stereocenters. The SMILES string of the molecule is Cc1cc(N(CC(=O)N(Cc2ccccc2F)[C@H](C)C(=O)NCC(C)C)S(C)(=O)=O)ccc1Br. The van der Waals surface area contributed by atoms with Gasteiger partial charge in [-0.3, -0.25) is 13.9 Å². The average Bonchev–Trinajstić information content (AvgIpc) is 2.75. The van der Waals surface area contributed by atoms with Crippen LogP contribution in [0.1, 0.15) is 31.9 Å². The van der Waals surface area contributed by atoms with E-state index < -0.39 is 40.2 Å². The van der Waals surface area contributed by atoms with Gasteiger partial charge in [-0.2, -0.15) is 0 Å². The summed E-state index contributed by atoms with van der Waals surface area (Å²) in [6, 6.07) is 9.97. The number of nitrogens with zero attached hydrogens (tertiary/aromatic N) is 2. The van der Waals surface area contributed by atoms with E-state index in [2.05, 4.69) is 21.2 Å². The number of sulfonamides is 1. The minimum atomic E-state index is -3.83. The molecule has 2 aromatic carbocycles. The van der Waals surface area contributed by atoms with Crippen molar-refractivity contribution in [1.29, 1.82) is 0 Å². The van der Waals surface area contributed by atoms with Crippen molar-refractivity contribution in [3.63, 3.8) is 0 Å². The summed E-state index contributed by atoms with van der Waals surface area (Å²) in [5.41, 5.74) is 1.34. The van der Waals surface area contributed by atoms with E-state index in [0.29, 0.717) is 12.2 Å². The van der Waals surface area contributed by atoms with Crippen LogP contribution in [0, 0.1) is 18.7 Å². The van der Waals surface area contributed by atoms with Crippen molar-refractivity contribution in [2.75, 3.05) is 23.7 Å². The molecule has 0 aliphatic rings. The van der Waals surface area contributed by atoms with E-state index in [1.54, 1.807) is 31.2 Å². The van der Waals surface area contributed by atoms with Crippen molar-refractivity contribution < 1.29 is 22.4 Å². The highest BCUT2D eigenvalue weighted by atomic mass is 79.9. The van der Waals surface area contributed by atoms with Gasteiger partial charge in [-0.1, -0.05) is 48.0 Å². The van der Waals surface area contributed by atoms with Crippen LogP contribution >= 0.6 is 15.9 Å². The van der Waals surface area contributed by atoms with Crippen molar-refractivity contribution in [2.24, 2.45) is 5.92 Å². The highest BCUT2D eigenvalue weighted by molar-refractivity contribution is 9.10. The second kappa shape index (κ2) is 11.8. The molecule has 1 N–H and O–H groups in total. The summed E-state index contributed by atoms with van der Waals surface area (Å²) in [5.74, 6) is -1.34. The maximum atomic E-state index is 14.4. The second-order valence-corrected chi connectivity index (χ2v) is 11.4. The number of hydrogen-bond donors (Lipinski definition) is 1. The van der Waals surface area contributed by atoms with Gasteiger partial charge in [-0.15, -0.1) is 0 Å². The summed E-state index contributed by atoms with van der Waals surface area (Å²) in [6.07, 6.45) is 1.01. The molecule has 0 aliphatic heterocycles. The molecule has 0 fully saturated rings. The predicted molar refractivity (Wildman–Crippen MR) is 135 cm³/mol. The fraction of sp³-hybridized carbons (Fsp3) is 0.417. The molecular formula is C24H31BrFN3O4S. The molecule has 0 radical (unpaired) electrons. The first-order valence-electron chi connectivity index (χ1n) is 10.9. The molecular weight excluding hydrogens is 525 g/mol. The number of amides is 2. The van der Waals surface area contributed by atoms with Gasteiger partial charge in [0.05, 0.1) is 11.9 Å². The number of nitrogens with one attached hydrogen (secondary N) is 1. The number of benzene rings is 2. The number of carbonyl (C=O) groups is 2. The quantitative estimate of drug-likeness (QED) is 0.482. The van der Waals surface area contributed by atoms with Crippen LogP contribution in [0.15, 0.2) is 46.9 Å². The Morgan fingerprint density at radius 3 is 2.32 bits per heavy atom. The molecule has 10 heteroatoms. The summed E-state index contributed by atoms with van der Waals surface area (Å²) in [5, 5.41) is 2.78. The molecule has 0 aromatic heterocycles. The van der Waals surface area contributed by atoms with Crippen LogP contribution in [0.2, 0.25) is 0 Å².